The van der Waals surface area contributed by atoms with Crippen LogP contribution in [0.3, 0.4) is 0 Å². The lowest BCUT2D eigenvalue weighted by Gasteiger charge is -2.33. The summed E-state index contributed by atoms with van der Waals surface area (Å²) in [6, 6.07) is 4.34. The molecule has 1 aromatic rings. The molecule has 1 aliphatic heterocycles. The summed E-state index contributed by atoms with van der Waals surface area (Å²) in [5.41, 5.74) is 3.78. The van der Waals surface area contributed by atoms with Crippen LogP contribution in [0.25, 0.3) is 0 Å². The molecule has 0 saturated carbocycles. The number of anilines is 1. The average molecular weight is 296 g/mol. The van der Waals surface area contributed by atoms with Crippen molar-refractivity contribution in [1.29, 1.82) is 0 Å². The first kappa shape index (κ1) is 12.6. The van der Waals surface area contributed by atoms with Gasteiger partial charge in [-0.15, -0.1) is 0 Å². The number of rotatable bonds is 1. The van der Waals surface area contributed by atoms with E-state index in [1.165, 1.54) is 16.8 Å². The lowest BCUT2D eigenvalue weighted by molar-refractivity contribution is -0.122. The Balaban J connectivity index is 2.32. The monoisotopic (exact) mass is 295 g/mol. The Bertz CT molecular complexity index is 433. The summed E-state index contributed by atoms with van der Waals surface area (Å²) in [6.45, 7) is 7.93. The summed E-state index contributed by atoms with van der Waals surface area (Å²) in [6.07, 6.45) is 0.668. The summed E-state index contributed by atoms with van der Waals surface area (Å²) in [5, 5.41) is 0. The number of hydrogen-bond acceptors (Lipinski definition) is 2. The third-order valence-corrected chi connectivity index (χ3v) is 3.99. The fourth-order valence-electron chi connectivity index (χ4n) is 2.53. The van der Waals surface area contributed by atoms with Gasteiger partial charge in [0.15, 0.2) is 0 Å². The molecule has 0 radical (unpaired) electrons. The first-order valence-corrected chi connectivity index (χ1v) is 6.82. The third-order valence-electron chi connectivity index (χ3n) is 3.39. The van der Waals surface area contributed by atoms with E-state index in [1.54, 1.807) is 0 Å². The predicted octanol–water partition coefficient (Wildman–Crippen LogP) is 3.48. The largest absolute Gasteiger partial charge is 0.369 e. The molecule has 1 aromatic carbocycles. The third kappa shape index (κ3) is 2.54. The van der Waals surface area contributed by atoms with Crippen LogP contribution < -0.4 is 4.90 Å². The molecule has 1 saturated heterocycles. The topological polar surface area (TPSA) is 20.3 Å². The fraction of sp³-hybridized carbons (Fsp3) is 0.500. The normalized spacial score (nSPS) is 20.8. The van der Waals surface area contributed by atoms with Crippen LogP contribution in [0.4, 0.5) is 5.69 Å². The molecule has 1 atom stereocenters. The van der Waals surface area contributed by atoms with E-state index >= 15 is 0 Å². The minimum absolute atomic E-state index is 0.149. The number of hydrogen-bond donors (Lipinski definition) is 0. The van der Waals surface area contributed by atoms with Crippen molar-refractivity contribution in [1.82, 2.24) is 0 Å². The van der Waals surface area contributed by atoms with Crippen LogP contribution in [0.2, 0.25) is 0 Å². The zero-order chi connectivity index (χ0) is 12.6. The number of carbonyl (C=O) groups excluding carboxylic acids is 1. The maximum absolute atomic E-state index is 11.6. The molecule has 0 bridgehead atoms. The number of Topliss-reactive ketones (excluding diaryl/α,β-unsaturated/α-hetero) is 1. The second-order valence-corrected chi connectivity index (χ2v) is 5.83. The molecule has 92 valence electrons. The van der Waals surface area contributed by atoms with Crippen molar-refractivity contribution in [2.24, 2.45) is 5.92 Å². The van der Waals surface area contributed by atoms with Crippen molar-refractivity contribution in [2.75, 3.05) is 18.0 Å². The number of benzene rings is 1. The van der Waals surface area contributed by atoms with Gasteiger partial charge in [-0.3, -0.25) is 4.79 Å². The molecular formula is C14H18BrNO. The molecule has 0 aliphatic carbocycles. The van der Waals surface area contributed by atoms with Gasteiger partial charge in [-0.25, -0.2) is 0 Å². The average Bonchev–Trinajstić information content (AvgIpc) is 2.21. The summed E-state index contributed by atoms with van der Waals surface area (Å²) in [7, 11) is 0. The van der Waals surface area contributed by atoms with Crippen molar-refractivity contribution < 1.29 is 4.79 Å². The van der Waals surface area contributed by atoms with E-state index in [-0.39, 0.29) is 5.92 Å². The standard InChI is InChI=1S/C14H18BrNO/c1-9-6-10(2)14(12(15)7-9)16-5-4-13(17)11(3)8-16/h6-7,11H,4-5,8H2,1-3H3. The Hall–Kier alpha value is -0.830. The first-order chi connectivity index (χ1) is 7.99. The molecule has 0 aromatic heterocycles. The van der Waals surface area contributed by atoms with Gasteiger partial charge in [0.2, 0.25) is 0 Å². The number of nitrogens with zero attached hydrogens (tertiary/aromatic N) is 1. The summed E-state index contributed by atoms with van der Waals surface area (Å²) in [4.78, 5) is 13.9. The van der Waals surface area contributed by atoms with E-state index in [1.807, 2.05) is 6.92 Å². The Kier molecular flexibility index (Phi) is 3.57. The van der Waals surface area contributed by atoms with Gasteiger partial charge in [0, 0.05) is 29.9 Å². The minimum Gasteiger partial charge on any atom is -0.369 e. The minimum atomic E-state index is 0.149. The highest BCUT2D eigenvalue weighted by molar-refractivity contribution is 9.10. The highest BCUT2D eigenvalue weighted by Crippen LogP contribution is 2.33. The molecule has 17 heavy (non-hydrogen) atoms. The molecular weight excluding hydrogens is 278 g/mol. The van der Waals surface area contributed by atoms with E-state index in [9.17, 15) is 4.79 Å². The van der Waals surface area contributed by atoms with E-state index in [2.05, 4.69) is 46.8 Å². The van der Waals surface area contributed by atoms with Gasteiger partial charge in [0.05, 0.1) is 5.69 Å². The van der Waals surface area contributed by atoms with Crippen molar-refractivity contribution >= 4 is 27.4 Å². The number of halogens is 1. The van der Waals surface area contributed by atoms with E-state index in [0.29, 0.717) is 12.2 Å². The highest BCUT2D eigenvalue weighted by atomic mass is 79.9. The van der Waals surface area contributed by atoms with Gasteiger partial charge >= 0.3 is 0 Å². The zero-order valence-electron chi connectivity index (χ0n) is 10.6. The van der Waals surface area contributed by atoms with Crippen LogP contribution in [-0.2, 0) is 4.79 Å². The molecule has 2 nitrogen and oxygen atoms in total. The van der Waals surface area contributed by atoms with Crippen molar-refractivity contribution in [2.45, 2.75) is 27.2 Å². The lowest BCUT2D eigenvalue weighted by Crippen LogP contribution is -2.40. The number of ketones is 1. The van der Waals surface area contributed by atoms with Crippen LogP contribution in [0, 0.1) is 19.8 Å². The lowest BCUT2D eigenvalue weighted by atomic mass is 9.97. The van der Waals surface area contributed by atoms with E-state index in [4.69, 9.17) is 0 Å². The quantitative estimate of drug-likeness (QED) is 0.791. The van der Waals surface area contributed by atoms with Crippen molar-refractivity contribution in [3.63, 3.8) is 0 Å². The maximum Gasteiger partial charge on any atom is 0.139 e. The van der Waals surface area contributed by atoms with Crippen molar-refractivity contribution in [3.05, 3.63) is 27.7 Å². The van der Waals surface area contributed by atoms with Gasteiger partial charge in [-0.2, -0.15) is 0 Å². The Morgan fingerprint density at radius 1 is 1.35 bits per heavy atom. The van der Waals surface area contributed by atoms with Gasteiger partial charge in [0.1, 0.15) is 5.78 Å². The van der Waals surface area contributed by atoms with Crippen molar-refractivity contribution in [3.8, 4) is 0 Å². The Labute approximate surface area is 111 Å². The molecule has 0 amide bonds. The van der Waals surface area contributed by atoms with Crippen LogP contribution in [0.15, 0.2) is 16.6 Å². The van der Waals surface area contributed by atoms with Crippen LogP contribution in [0.1, 0.15) is 24.5 Å². The van der Waals surface area contributed by atoms with E-state index in [0.717, 1.165) is 17.6 Å². The molecule has 2 rings (SSSR count). The second-order valence-electron chi connectivity index (χ2n) is 4.98. The molecule has 3 heteroatoms. The predicted molar refractivity (Wildman–Crippen MR) is 74.6 cm³/mol. The highest BCUT2D eigenvalue weighted by Gasteiger charge is 2.25. The van der Waals surface area contributed by atoms with Crippen LogP contribution >= 0.6 is 15.9 Å². The number of aryl methyl sites for hydroxylation is 2. The van der Waals surface area contributed by atoms with Crippen LogP contribution in [-0.4, -0.2) is 18.9 Å². The summed E-state index contributed by atoms with van der Waals surface area (Å²) < 4.78 is 1.14. The van der Waals surface area contributed by atoms with E-state index < -0.39 is 0 Å². The van der Waals surface area contributed by atoms with Crippen LogP contribution in [0.5, 0.6) is 0 Å². The molecule has 1 heterocycles. The summed E-state index contributed by atoms with van der Waals surface area (Å²) >= 11 is 3.64. The second kappa shape index (κ2) is 4.81. The summed E-state index contributed by atoms with van der Waals surface area (Å²) in [5.74, 6) is 0.540. The Morgan fingerprint density at radius 3 is 2.65 bits per heavy atom. The Morgan fingerprint density at radius 2 is 2.06 bits per heavy atom. The fourth-order valence-corrected chi connectivity index (χ4v) is 3.45. The van der Waals surface area contributed by atoms with Gasteiger partial charge in [-0.1, -0.05) is 13.0 Å². The van der Waals surface area contributed by atoms with Gasteiger partial charge < -0.3 is 4.90 Å². The molecule has 1 fully saturated rings. The first-order valence-electron chi connectivity index (χ1n) is 6.03. The molecule has 1 aliphatic rings. The maximum atomic E-state index is 11.6. The molecule has 0 spiro atoms. The molecule has 1 unspecified atom stereocenters. The number of carbonyl (C=O) groups is 1. The van der Waals surface area contributed by atoms with Gasteiger partial charge in [-0.05, 0) is 47.0 Å². The zero-order valence-corrected chi connectivity index (χ0v) is 12.2. The SMILES string of the molecule is Cc1cc(C)c(N2CCC(=O)C(C)C2)c(Br)c1. The molecule has 0 N–H and O–H groups in total. The van der Waals surface area contributed by atoms with Gasteiger partial charge in [0.25, 0.3) is 0 Å². The number of piperidine rings is 1. The smallest absolute Gasteiger partial charge is 0.139 e.